The van der Waals surface area contributed by atoms with Crippen molar-refractivity contribution in [3.8, 4) is 0 Å². The minimum atomic E-state index is -0.381. The Balaban J connectivity index is 1.07. The number of nitrogens with zero attached hydrogens (tertiary/aromatic N) is 4. The average molecular weight is 493 g/mol. The second kappa shape index (κ2) is 11.4. The zero-order chi connectivity index (χ0) is 24.9. The number of aromatic nitrogens is 3. The Morgan fingerprint density at radius 1 is 1.17 bits per heavy atom. The maximum atomic E-state index is 12.3. The molecule has 1 amide bonds. The molecule has 1 aromatic carbocycles. The summed E-state index contributed by atoms with van der Waals surface area (Å²) < 4.78 is 7.66. The van der Waals surface area contributed by atoms with Crippen LogP contribution in [0.3, 0.4) is 0 Å². The zero-order valence-electron chi connectivity index (χ0n) is 21.2. The molecule has 2 aliphatic rings. The average Bonchev–Trinajstić information content (AvgIpc) is 3.28. The van der Waals surface area contributed by atoms with Gasteiger partial charge >= 0.3 is 0 Å². The van der Waals surface area contributed by atoms with Crippen LogP contribution >= 0.6 is 0 Å². The van der Waals surface area contributed by atoms with Gasteiger partial charge in [-0.3, -0.25) is 4.79 Å². The van der Waals surface area contributed by atoms with E-state index in [-0.39, 0.29) is 12.2 Å². The molecule has 192 valence electrons. The lowest BCUT2D eigenvalue weighted by molar-refractivity contribution is -0.186. The quantitative estimate of drug-likeness (QED) is 0.463. The monoisotopic (exact) mass is 492 g/mol. The highest BCUT2D eigenvalue weighted by atomic mass is 16.8. The van der Waals surface area contributed by atoms with Crippen molar-refractivity contribution in [1.82, 2.24) is 25.3 Å². The van der Waals surface area contributed by atoms with E-state index in [9.17, 15) is 4.79 Å². The number of ether oxygens (including phenoxy) is 1. The molecular formula is C27H36N6O3. The largest absolute Gasteiger partial charge is 0.350 e. The zero-order valence-corrected chi connectivity index (χ0v) is 21.2. The first-order chi connectivity index (χ1) is 17.6. The third kappa shape index (κ3) is 5.69. The molecule has 0 saturated carbocycles. The molecule has 0 aliphatic carbocycles. The van der Waals surface area contributed by atoms with Crippen LogP contribution < -0.4 is 15.7 Å². The Morgan fingerprint density at radius 2 is 1.94 bits per heavy atom. The number of aryl methyl sites for hydroxylation is 1. The van der Waals surface area contributed by atoms with Gasteiger partial charge in [0, 0.05) is 68.7 Å². The van der Waals surface area contributed by atoms with Crippen LogP contribution in [0.2, 0.25) is 0 Å². The molecule has 2 unspecified atom stereocenters. The van der Waals surface area contributed by atoms with E-state index in [4.69, 9.17) is 9.57 Å². The standard InChI is InChI=1S/C27H36N6O3/c1-19(23-18-32(2)24-8-4-3-7-22(23)24)28-15-20-10-12-33(13-11-20)27-29-16-21(17-30-27)26(34)31-36-25-9-5-6-14-35-25/h3-4,7-8,16-20,25,28H,5-6,9-15H2,1-2H3,(H,31,34). The van der Waals surface area contributed by atoms with Crippen LogP contribution in [0.4, 0.5) is 5.95 Å². The number of rotatable bonds is 8. The van der Waals surface area contributed by atoms with Crippen molar-refractivity contribution in [2.24, 2.45) is 13.0 Å². The summed E-state index contributed by atoms with van der Waals surface area (Å²) in [5.41, 5.74) is 5.44. The van der Waals surface area contributed by atoms with Gasteiger partial charge in [0.25, 0.3) is 5.91 Å². The lowest BCUT2D eigenvalue weighted by Crippen LogP contribution is -2.38. The Hall–Kier alpha value is -3.01. The molecule has 0 spiro atoms. The number of hydrogen-bond donors (Lipinski definition) is 2. The molecule has 2 aliphatic heterocycles. The molecule has 3 aromatic rings. The molecule has 9 nitrogen and oxygen atoms in total. The van der Waals surface area contributed by atoms with Gasteiger partial charge in [-0.15, -0.1) is 0 Å². The molecule has 2 atom stereocenters. The van der Waals surface area contributed by atoms with Gasteiger partial charge in [-0.05, 0) is 56.7 Å². The van der Waals surface area contributed by atoms with Crippen LogP contribution in [-0.4, -0.2) is 53.0 Å². The van der Waals surface area contributed by atoms with E-state index in [1.165, 1.54) is 16.5 Å². The topological polar surface area (TPSA) is 93.5 Å². The van der Waals surface area contributed by atoms with Crippen molar-refractivity contribution in [2.45, 2.75) is 51.4 Å². The van der Waals surface area contributed by atoms with Gasteiger partial charge < -0.3 is 19.5 Å². The summed E-state index contributed by atoms with van der Waals surface area (Å²) in [5, 5.41) is 5.07. The maximum absolute atomic E-state index is 12.3. The number of amides is 1. The summed E-state index contributed by atoms with van der Waals surface area (Å²) in [6, 6.07) is 8.86. The molecule has 9 heteroatoms. The van der Waals surface area contributed by atoms with Crippen LogP contribution in [0.25, 0.3) is 10.9 Å². The van der Waals surface area contributed by atoms with Gasteiger partial charge in [-0.1, -0.05) is 18.2 Å². The fourth-order valence-electron chi connectivity index (χ4n) is 5.09. The van der Waals surface area contributed by atoms with Crippen molar-refractivity contribution < 1.29 is 14.4 Å². The summed E-state index contributed by atoms with van der Waals surface area (Å²) in [4.78, 5) is 28.7. The number of anilines is 1. The lowest BCUT2D eigenvalue weighted by Gasteiger charge is -2.32. The smallest absolute Gasteiger partial charge is 0.278 e. The summed E-state index contributed by atoms with van der Waals surface area (Å²) >= 11 is 0. The van der Waals surface area contributed by atoms with E-state index in [1.807, 2.05) is 0 Å². The first-order valence-corrected chi connectivity index (χ1v) is 13.0. The van der Waals surface area contributed by atoms with Crippen LogP contribution in [-0.2, 0) is 16.6 Å². The number of hydroxylamine groups is 1. The van der Waals surface area contributed by atoms with Gasteiger partial charge in [0.15, 0.2) is 6.29 Å². The highest BCUT2D eigenvalue weighted by Crippen LogP contribution is 2.27. The first-order valence-electron chi connectivity index (χ1n) is 13.0. The summed E-state index contributed by atoms with van der Waals surface area (Å²) in [7, 11) is 2.11. The third-order valence-corrected chi connectivity index (χ3v) is 7.33. The fourth-order valence-corrected chi connectivity index (χ4v) is 5.09. The van der Waals surface area contributed by atoms with E-state index in [2.05, 4.69) is 74.7 Å². The number of nitrogens with one attached hydrogen (secondary N) is 2. The number of fused-ring (bicyclic) bond motifs is 1. The summed E-state index contributed by atoms with van der Waals surface area (Å²) in [5.74, 6) is 0.919. The van der Waals surface area contributed by atoms with Crippen molar-refractivity contribution in [3.05, 3.63) is 54.0 Å². The van der Waals surface area contributed by atoms with E-state index < -0.39 is 0 Å². The second-order valence-electron chi connectivity index (χ2n) is 9.89. The van der Waals surface area contributed by atoms with Crippen LogP contribution in [0.15, 0.2) is 42.9 Å². The lowest BCUT2D eigenvalue weighted by atomic mass is 9.96. The van der Waals surface area contributed by atoms with Gasteiger partial charge in [0.2, 0.25) is 5.95 Å². The predicted molar refractivity (Wildman–Crippen MR) is 138 cm³/mol. The van der Waals surface area contributed by atoms with Crippen molar-refractivity contribution >= 4 is 22.8 Å². The Kier molecular flexibility index (Phi) is 7.79. The van der Waals surface area contributed by atoms with E-state index in [0.29, 0.717) is 30.1 Å². The molecule has 4 heterocycles. The SMILES string of the molecule is CC(NCC1CCN(c2ncc(C(=O)NOC3CCCCO3)cn2)CC1)c1cn(C)c2ccccc12. The number of carbonyl (C=O) groups excluding carboxylic acids is 1. The molecule has 2 saturated heterocycles. The van der Waals surface area contributed by atoms with Crippen molar-refractivity contribution in [3.63, 3.8) is 0 Å². The number of carbonyl (C=O) groups is 1. The maximum Gasteiger partial charge on any atom is 0.278 e. The summed E-state index contributed by atoms with van der Waals surface area (Å²) in [6.07, 6.45) is 9.98. The Morgan fingerprint density at radius 3 is 2.69 bits per heavy atom. The van der Waals surface area contributed by atoms with E-state index in [1.54, 1.807) is 12.4 Å². The minimum absolute atomic E-state index is 0.296. The Bertz CT molecular complexity index is 1150. The molecule has 2 aromatic heterocycles. The van der Waals surface area contributed by atoms with Gasteiger partial charge in [0.05, 0.1) is 5.56 Å². The van der Waals surface area contributed by atoms with Crippen molar-refractivity contribution in [2.75, 3.05) is 31.1 Å². The van der Waals surface area contributed by atoms with Crippen molar-refractivity contribution in [1.29, 1.82) is 0 Å². The molecular weight excluding hydrogens is 456 g/mol. The molecule has 0 radical (unpaired) electrons. The fraction of sp³-hybridized carbons (Fsp3) is 0.519. The van der Waals surface area contributed by atoms with Crippen LogP contribution in [0.5, 0.6) is 0 Å². The first kappa shape index (κ1) is 24.7. The van der Waals surface area contributed by atoms with Crippen LogP contribution in [0.1, 0.15) is 61.0 Å². The Labute approximate surface area is 212 Å². The number of hydrogen-bond acceptors (Lipinski definition) is 7. The van der Waals surface area contributed by atoms with Gasteiger partial charge in [-0.2, -0.15) is 0 Å². The molecule has 36 heavy (non-hydrogen) atoms. The number of benzene rings is 1. The highest BCUT2D eigenvalue weighted by Gasteiger charge is 2.23. The minimum Gasteiger partial charge on any atom is -0.350 e. The van der Waals surface area contributed by atoms with Gasteiger partial charge in [-0.25, -0.2) is 20.3 Å². The molecule has 5 rings (SSSR count). The molecule has 2 fully saturated rings. The molecule has 0 bridgehead atoms. The van der Waals surface area contributed by atoms with Crippen LogP contribution in [0, 0.1) is 5.92 Å². The third-order valence-electron chi connectivity index (χ3n) is 7.33. The van der Waals surface area contributed by atoms with E-state index in [0.717, 1.165) is 51.7 Å². The van der Waals surface area contributed by atoms with Gasteiger partial charge in [0.1, 0.15) is 0 Å². The number of piperidine rings is 1. The summed E-state index contributed by atoms with van der Waals surface area (Å²) in [6.45, 7) is 5.71. The molecule has 2 N–H and O–H groups in total. The number of para-hydroxylation sites is 1. The predicted octanol–water partition coefficient (Wildman–Crippen LogP) is 3.72. The van der Waals surface area contributed by atoms with E-state index >= 15 is 0 Å². The normalized spacial score (nSPS) is 19.9. The second-order valence-corrected chi connectivity index (χ2v) is 9.89. The highest BCUT2D eigenvalue weighted by molar-refractivity contribution is 5.92.